The van der Waals surface area contributed by atoms with Crippen molar-refractivity contribution >= 4 is 60.2 Å². The van der Waals surface area contributed by atoms with Gasteiger partial charge in [-0.15, -0.1) is 0 Å². The van der Waals surface area contributed by atoms with E-state index in [9.17, 15) is 13.2 Å². The van der Waals surface area contributed by atoms with E-state index in [4.69, 9.17) is 27.1 Å². The molecule has 2 heterocycles. The zero-order valence-corrected chi connectivity index (χ0v) is 24.0. The molecule has 0 unspecified atom stereocenters. The highest BCUT2D eigenvalue weighted by Gasteiger charge is 2.30. The number of primary amides is 1. The Bertz CT molecular complexity index is 2080. The Labute approximate surface area is 241 Å². The third kappa shape index (κ3) is 4.37. The number of imidazole rings is 1. The third-order valence-electron chi connectivity index (χ3n) is 7.40. The van der Waals surface area contributed by atoms with Crippen LogP contribution in [0.15, 0.2) is 88.7 Å². The zero-order chi connectivity index (χ0) is 28.9. The summed E-state index contributed by atoms with van der Waals surface area (Å²) in [6.07, 6.45) is 0. The Morgan fingerprint density at radius 3 is 2.34 bits per heavy atom. The van der Waals surface area contributed by atoms with E-state index in [-0.39, 0.29) is 20.9 Å². The average Bonchev–Trinajstić information content (AvgIpc) is 3.50. The Kier molecular flexibility index (Phi) is 6.81. The minimum atomic E-state index is -4.20. The summed E-state index contributed by atoms with van der Waals surface area (Å²) in [5.41, 5.74) is 9.31. The number of carbonyl (C=O) groups is 1. The van der Waals surface area contributed by atoms with Crippen LogP contribution in [0.5, 0.6) is 0 Å². The Balaban J connectivity index is 1.66. The number of para-hydroxylation sites is 1. The number of sulfone groups is 1. The van der Waals surface area contributed by atoms with Crippen LogP contribution in [0.2, 0.25) is 5.02 Å². The predicted molar refractivity (Wildman–Crippen MR) is 161 cm³/mol. The minimum Gasteiger partial charge on any atom is -0.383 e. The molecule has 6 aromatic rings. The van der Waals surface area contributed by atoms with E-state index in [1.165, 1.54) is 30.3 Å². The van der Waals surface area contributed by atoms with Gasteiger partial charge in [0.25, 0.3) is 0 Å². The summed E-state index contributed by atoms with van der Waals surface area (Å²) in [4.78, 5) is 17.2. The minimum absolute atomic E-state index is 0.0151. The Morgan fingerprint density at radius 2 is 1.63 bits per heavy atom. The van der Waals surface area contributed by atoms with Crippen molar-refractivity contribution in [3.05, 3.63) is 89.4 Å². The van der Waals surface area contributed by atoms with E-state index < -0.39 is 15.7 Å². The van der Waals surface area contributed by atoms with Crippen molar-refractivity contribution in [2.24, 2.45) is 5.73 Å². The van der Waals surface area contributed by atoms with Crippen molar-refractivity contribution < 1.29 is 17.9 Å². The Hall–Kier alpha value is -4.18. The summed E-state index contributed by atoms with van der Waals surface area (Å²) in [6, 6.07) is 23.3. The average molecular weight is 587 g/mol. The van der Waals surface area contributed by atoms with Crippen LogP contribution in [-0.4, -0.2) is 42.2 Å². The van der Waals surface area contributed by atoms with Crippen LogP contribution in [0.1, 0.15) is 17.3 Å². The first-order chi connectivity index (χ1) is 19.8. The van der Waals surface area contributed by atoms with Crippen LogP contribution >= 0.6 is 11.6 Å². The van der Waals surface area contributed by atoms with Crippen molar-refractivity contribution in [3.8, 4) is 11.4 Å². The number of ether oxygens (including phenoxy) is 1. The standard InChI is InChI=1S/C31H27ClN4O4S/c1-3-35-25-7-5-4-6-22(25)24-18-19(8-14-26(24)35)31-34-28-27(36(31)16-17-40-2)15-13-23(30(33)37)29(28)41(38,39)21-11-9-20(32)10-12-21/h4-15,18H,3,16-17H2,1-2H3,(H2,33,37). The molecular formula is C31H27ClN4O4S. The molecule has 0 saturated heterocycles. The van der Waals surface area contributed by atoms with Gasteiger partial charge in [-0.1, -0.05) is 29.8 Å². The molecule has 41 heavy (non-hydrogen) atoms. The number of methoxy groups -OCH3 is 1. The fourth-order valence-electron chi connectivity index (χ4n) is 5.53. The molecule has 0 aliphatic rings. The normalized spacial score (nSPS) is 12.1. The van der Waals surface area contributed by atoms with Gasteiger partial charge in [-0.3, -0.25) is 4.79 Å². The molecule has 0 saturated carbocycles. The molecule has 2 N–H and O–H groups in total. The number of hydrogen-bond donors (Lipinski definition) is 1. The number of carbonyl (C=O) groups excluding carboxylic acids is 1. The van der Waals surface area contributed by atoms with E-state index in [0.29, 0.717) is 29.5 Å². The molecule has 8 nitrogen and oxygen atoms in total. The molecule has 0 fully saturated rings. The van der Waals surface area contributed by atoms with Crippen LogP contribution in [0.3, 0.4) is 0 Å². The van der Waals surface area contributed by atoms with E-state index in [0.717, 1.165) is 33.9 Å². The molecule has 6 rings (SSSR count). The SMILES string of the molecule is CCn1c2ccccc2c2cc(-c3nc4c(S(=O)(=O)c5ccc(Cl)cc5)c(C(N)=O)ccc4n3CCOC)ccc21. The number of hydrogen-bond acceptors (Lipinski definition) is 5. The first-order valence-corrected chi connectivity index (χ1v) is 15.0. The first kappa shape index (κ1) is 27.0. The van der Waals surface area contributed by atoms with Crippen LogP contribution in [0.4, 0.5) is 0 Å². The summed E-state index contributed by atoms with van der Waals surface area (Å²) < 4.78 is 37.5. The number of aryl methyl sites for hydroxylation is 1. The van der Waals surface area contributed by atoms with Gasteiger partial charge in [0.15, 0.2) is 0 Å². The summed E-state index contributed by atoms with van der Waals surface area (Å²) in [7, 11) is -2.59. The largest absolute Gasteiger partial charge is 0.383 e. The maximum Gasteiger partial charge on any atom is 0.250 e. The molecular weight excluding hydrogens is 560 g/mol. The molecule has 10 heteroatoms. The lowest BCUT2D eigenvalue weighted by molar-refractivity contribution is 0.0997. The van der Waals surface area contributed by atoms with Gasteiger partial charge in [0.1, 0.15) is 16.2 Å². The quantitative estimate of drug-likeness (QED) is 0.233. The lowest BCUT2D eigenvalue weighted by Crippen LogP contribution is -2.17. The maximum absolute atomic E-state index is 14.0. The second kappa shape index (κ2) is 10.3. The van der Waals surface area contributed by atoms with Crippen molar-refractivity contribution in [1.82, 2.24) is 14.1 Å². The van der Waals surface area contributed by atoms with Crippen molar-refractivity contribution in [3.63, 3.8) is 0 Å². The molecule has 0 radical (unpaired) electrons. The highest BCUT2D eigenvalue weighted by molar-refractivity contribution is 7.91. The lowest BCUT2D eigenvalue weighted by Gasteiger charge is -2.11. The summed E-state index contributed by atoms with van der Waals surface area (Å²) in [6.45, 7) is 3.71. The zero-order valence-electron chi connectivity index (χ0n) is 22.5. The highest BCUT2D eigenvalue weighted by Crippen LogP contribution is 2.37. The van der Waals surface area contributed by atoms with Gasteiger partial charge in [0.05, 0.1) is 22.6 Å². The van der Waals surface area contributed by atoms with E-state index in [1.54, 1.807) is 13.2 Å². The van der Waals surface area contributed by atoms with Gasteiger partial charge in [-0.25, -0.2) is 13.4 Å². The molecule has 208 valence electrons. The smallest absolute Gasteiger partial charge is 0.250 e. The lowest BCUT2D eigenvalue weighted by atomic mass is 10.1. The summed E-state index contributed by atoms with van der Waals surface area (Å²) in [5, 5.41) is 2.58. The van der Waals surface area contributed by atoms with Gasteiger partial charge < -0.3 is 19.6 Å². The summed E-state index contributed by atoms with van der Waals surface area (Å²) in [5.74, 6) is -0.303. The van der Waals surface area contributed by atoms with E-state index >= 15 is 0 Å². The second-order valence-corrected chi connectivity index (χ2v) is 12.0. The van der Waals surface area contributed by atoms with Gasteiger partial charge >= 0.3 is 0 Å². The first-order valence-electron chi connectivity index (χ1n) is 13.1. The van der Waals surface area contributed by atoms with Crippen LogP contribution in [0, 0.1) is 0 Å². The molecule has 0 aliphatic carbocycles. The molecule has 2 aromatic heterocycles. The van der Waals surface area contributed by atoms with Crippen LogP contribution < -0.4 is 5.73 Å². The molecule has 0 aliphatic heterocycles. The van der Waals surface area contributed by atoms with Crippen molar-refractivity contribution in [2.75, 3.05) is 13.7 Å². The number of nitrogens with zero attached hydrogens (tertiary/aromatic N) is 3. The highest BCUT2D eigenvalue weighted by atomic mass is 35.5. The van der Waals surface area contributed by atoms with Crippen molar-refractivity contribution in [2.45, 2.75) is 29.8 Å². The maximum atomic E-state index is 14.0. The number of fused-ring (bicyclic) bond motifs is 4. The fourth-order valence-corrected chi connectivity index (χ4v) is 7.25. The third-order valence-corrected chi connectivity index (χ3v) is 9.49. The molecule has 0 bridgehead atoms. The van der Waals surface area contributed by atoms with Gasteiger partial charge in [0, 0.05) is 52.6 Å². The van der Waals surface area contributed by atoms with E-state index in [1.807, 2.05) is 22.8 Å². The summed E-state index contributed by atoms with van der Waals surface area (Å²) >= 11 is 6.02. The van der Waals surface area contributed by atoms with Crippen molar-refractivity contribution in [1.29, 1.82) is 0 Å². The molecule has 0 spiro atoms. The van der Waals surface area contributed by atoms with Gasteiger partial charge in [0.2, 0.25) is 15.7 Å². The van der Waals surface area contributed by atoms with E-state index in [2.05, 4.69) is 35.8 Å². The fraction of sp³-hybridized carbons (Fsp3) is 0.161. The van der Waals surface area contributed by atoms with Gasteiger partial charge in [-0.2, -0.15) is 0 Å². The topological polar surface area (TPSA) is 109 Å². The Morgan fingerprint density at radius 1 is 0.927 bits per heavy atom. The molecule has 1 amide bonds. The van der Waals surface area contributed by atoms with Crippen LogP contribution in [-0.2, 0) is 27.7 Å². The second-order valence-electron chi connectivity index (χ2n) is 9.70. The molecule has 4 aromatic carbocycles. The van der Waals surface area contributed by atoms with Crippen LogP contribution in [0.25, 0.3) is 44.2 Å². The number of nitrogens with two attached hydrogens (primary N) is 1. The predicted octanol–water partition coefficient (Wildman–Crippen LogP) is 6.06. The number of aromatic nitrogens is 3. The number of amides is 1. The monoisotopic (exact) mass is 586 g/mol. The number of rotatable bonds is 8. The molecule has 0 atom stereocenters. The number of benzene rings is 4. The number of halogens is 1. The van der Waals surface area contributed by atoms with Gasteiger partial charge in [-0.05, 0) is 67.6 Å².